The van der Waals surface area contributed by atoms with Crippen LogP contribution in [0.2, 0.25) is 0 Å². The molecule has 2 fully saturated rings. The fraction of sp³-hybridized carbons (Fsp3) is 0.613. The van der Waals surface area contributed by atoms with Crippen LogP contribution in [0, 0.1) is 5.92 Å². The van der Waals surface area contributed by atoms with Crippen LogP contribution in [0.5, 0.6) is 0 Å². The number of hydrogen-bond donors (Lipinski definition) is 0. The Hall–Kier alpha value is -1.77. The molecule has 0 aromatic heterocycles. The molecule has 2 aromatic rings. The highest BCUT2D eigenvalue weighted by atomic mass is 19.4. The smallest absolute Gasteiger partial charge is 0.166 e. The van der Waals surface area contributed by atoms with E-state index in [2.05, 4.69) is 79.7 Å². The Balaban J connectivity index is 1.60. The quantitative estimate of drug-likeness (QED) is 0.394. The monoisotopic (exact) mass is 470 g/mol. The molecule has 0 saturated heterocycles. The lowest BCUT2D eigenvalue weighted by molar-refractivity contribution is -0.137. The average molecular weight is 471 g/mol. The summed E-state index contributed by atoms with van der Waals surface area (Å²) in [6, 6.07) is 11.9. The topological polar surface area (TPSA) is 0 Å². The molecule has 0 radical (unpaired) electrons. The van der Waals surface area contributed by atoms with Gasteiger partial charge in [0.1, 0.15) is 0 Å². The van der Waals surface area contributed by atoms with E-state index in [1.165, 1.54) is 28.8 Å². The maximum absolute atomic E-state index is 13.7. The summed E-state index contributed by atoms with van der Waals surface area (Å²) in [5.74, 6) is 1.06. The second-order valence-electron chi connectivity index (χ2n) is 13.1. The van der Waals surface area contributed by atoms with Gasteiger partial charge in [-0.05, 0) is 99.6 Å². The van der Waals surface area contributed by atoms with Crippen LogP contribution in [-0.2, 0) is 22.4 Å². The van der Waals surface area contributed by atoms with E-state index < -0.39 is 11.7 Å². The Morgan fingerprint density at radius 2 is 1.38 bits per heavy atom. The molecule has 2 aliphatic rings. The van der Waals surface area contributed by atoms with Crippen molar-refractivity contribution in [1.29, 1.82) is 0 Å². The molecule has 0 bridgehead atoms. The third-order valence-electron chi connectivity index (χ3n) is 8.75. The van der Waals surface area contributed by atoms with Gasteiger partial charge in [0, 0.05) is 0 Å². The standard InChI is InChI=1S/C31H41F3/c1-19(2)21-12-23(28(4,5)6)16-25(13-21)30(8)18-27(30)11-20(3)22-14-24(29(7)9-10-29)17-26(15-22)31(32,33)34/h12-17,19-20,27H,9-11,18H2,1-8H3. The minimum Gasteiger partial charge on any atom is -0.166 e. The molecule has 4 rings (SSSR count). The lowest BCUT2D eigenvalue weighted by Gasteiger charge is -2.25. The number of hydrogen-bond acceptors (Lipinski definition) is 0. The van der Waals surface area contributed by atoms with E-state index in [9.17, 15) is 13.2 Å². The van der Waals surface area contributed by atoms with Gasteiger partial charge in [-0.15, -0.1) is 0 Å². The molecule has 0 heterocycles. The molecule has 34 heavy (non-hydrogen) atoms. The molecule has 186 valence electrons. The Morgan fingerprint density at radius 1 is 0.824 bits per heavy atom. The van der Waals surface area contributed by atoms with Crippen molar-refractivity contribution in [2.75, 3.05) is 0 Å². The van der Waals surface area contributed by atoms with Gasteiger partial charge in [0.2, 0.25) is 0 Å². The summed E-state index contributed by atoms with van der Waals surface area (Å²) in [5.41, 5.74) is 5.48. The molecule has 0 aliphatic heterocycles. The maximum Gasteiger partial charge on any atom is 0.416 e. The van der Waals surface area contributed by atoms with Gasteiger partial charge < -0.3 is 0 Å². The molecule has 2 saturated carbocycles. The molecular formula is C31H41F3. The summed E-state index contributed by atoms with van der Waals surface area (Å²) in [6.45, 7) is 17.8. The molecule has 2 aliphatic carbocycles. The van der Waals surface area contributed by atoms with Gasteiger partial charge in [-0.25, -0.2) is 0 Å². The number of benzene rings is 2. The van der Waals surface area contributed by atoms with Crippen molar-refractivity contribution in [3.8, 4) is 0 Å². The highest BCUT2D eigenvalue weighted by Crippen LogP contribution is 2.58. The maximum atomic E-state index is 13.7. The van der Waals surface area contributed by atoms with Crippen LogP contribution < -0.4 is 0 Å². The first-order valence-electron chi connectivity index (χ1n) is 12.9. The zero-order chi connectivity index (χ0) is 25.3. The first kappa shape index (κ1) is 25.3. The van der Waals surface area contributed by atoms with Gasteiger partial charge in [0.15, 0.2) is 0 Å². The molecular weight excluding hydrogens is 429 g/mol. The van der Waals surface area contributed by atoms with Crippen LogP contribution in [0.1, 0.15) is 126 Å². The van der Waals surface area contributed by atoms with Crippen molar-refractivity contribution >= 4 is 0 Å². The van der Waals surface area contributed by atoms with Crippen LogP contribution >= 0.6 is 0 Å². The fourth-order valence-electron chi connectivity index (χ4n) is 5.38. The van der Waals surface area contributed by atoms with Crippen LogP contribution in [0.15, 0.2) is 36.4 Å². The predicted octanol–water partition coefficient (Wildman–Crippen LogP) is 9.65. The van der Waals surface area contributed by atoms with Gasteiger partial charge in [0.05, 0.1) is 5.56 Å². The van der Waals surface area contributed by atoms with E-state index in [1.54, 1.807) is 0 Å². The summed E-state index contributed by atoms with van der Waals surface area (Å²) in [7, 11) is 0. The second-order valence-corrected chi connectivity index (χ2v) is 13.1. The van der Waals surface area contributed by atoms with Crippen LogP contribution in [-0.4, -0.2) is 0 Å². The highest BCUT2D eigenvalue weighted by molar-refractivity contribution is 5.44. The molecule has 0 amide bonds. The largest absolute Gasteiger partial charge is 0.416 e. The van der Waals surface area contributed by atoms with Crippen LogP contribution in [0.4, 0.5) is 13.2 Å². The Labute approximate surface area is 204 Å². The fourth-order valence-corrected chi connectivity index (χ4v) is 5.38. The average Bonchev–Trinajstić information content (AvgIpc) is 3.64. The first-order valence-corrected chi connectivity index (χ1v) is 12.9. The van der Waals surface area contributed by atoms with Crippen molar-refractivity contribution in [2.24, 2.45) is 5.92 Å². The third kappa shape index (κ3) is 4.95. The van der Waals surface area contributed by atoms with Crippen molar-refractivity contribution in [3.05, 3.63) is 69.8 Å². The summed E-state index contributed by atoms with van der Waals surface area (Å²) >= 11 is 0. The number of rotatable bonds is 6. The molecule has 3 unspecified atom stereocenters. The lowest BCUT2D eigenvalue weighted by atomic mass is 9.80. The van der Waals surface area contributed by atoms with Gasteiger partial charge in [-0.1, -0.05) is 79.7 Å². The van der Waals surface area contributed by atoms with E-state index in [1.807, 2.05) is 0 Å². The zero-order valence-electron chi connectivity index (χ0n) is 22.2. The molecule has 3 heteroatoms. The van der Waals surface area contributed by atoms with E-state index >= 15 is 0 Å². The predicted molar refractivity (Wildman–Crippen MR) is 136 cm³/mol. The molecule has 0 spiro atoms. The Bertz CT molecular complexity index is 1040. The highest BCUT2D eigenvalue weighted by Gasteiger charge is 2.51. The van der Waals surface area contributed by atoms with E-state index in [-0.39, 0.29) is 22.2 Å². The van der Waals surface area contributed by atoms with E-state index in [4.69, 9.17) is 0 Å². The van der Waals surface area contributed by atoms with E-state index in [0.29, 0.717) is 11.8 Å². The Kier molecular flexibility index (Phi) is 6.06. The van der Waals surface area contributed by atoms with Crippen molar-refractivity contribution < 1.29 is 13.2 Å². The minimum absolute atomic E-state index is 0.0789. The molecule has 3 atom stereocenters. The van der Waals surface area contributed by atoms with Crippen molar-refractivity contribution in [2.45, 2.75) is 115 Å². The summed E-state index contributed by atoms with van der Waals surface area (Å²) in [6.07, 6.45) is -0.322. The second kappa shape index (κ2) is 8.14. The van der Waals surface area contributed by atoms with Gasteiger partial charge in [-0.3, -0.25) is 0 Å². The normalized spacial score (nSPS) is 24.9. The number of alkyl halides is 3. The summed E-state index contributed by atoms with van der Waals surface area (Å²) in [4.78, 5) is 0. The van der Waals surface area contributed by atoms with E-state index in [0.717, 1.165) is 36.8 Å². The summed E-state index contributed by atoms with van der Waals surface area (Å²) < 4.78 is 41.0. The van der Waals surface area contributed by atoms with Gasteiger partial charge in [-0.2, -0.15) is 13.2 Å². The van der Waals surface area contributed by atoms with Crippen molar-refractivity contribution in [1.82, 2.24) is 0 Å². The van der Waals surface area contributed by atoms with Gasteiger partial charge >= 0.3 is 6.18 Å². The minimum atomic E-state index is -4.30. The van der Waals surface area contributed by atoms with Crippen molar-refractivity contribution in [3.63, 3.8) is 0 Å². The molecule has 0 N–H and O–H groups in total. The molecule has 0 nitrogen and oxygen atoms in total. The zero-order valence-corrected chi connectivity index (χ0v) is 22.2. The lowest BCUT2D eigenvalue weighted by Crippen LogP contribution is -2.15. The third-order valence-corrected chi connectivity index (χ3v) is 8.75. The summed E-state index contributed by atoms with van der Waals surface area (Å²) in [5, 5.41) is 0. The number of halogens is 3. The van der Waals surface area contributed by atoms with Gasteiger partial charge in [0.25, 0.3) is 0 Å². The van der Waals surface area contributed by atoms with Crippen LogP contribution in [0.25, 0.3) is 0 Å². The Morgan fingerprint density at radius 3 is 1.91 bits per heavy atom. The molecule has 2 aromatic carbocycles. The first-order chi connectivity index (χ1) is 15.5. The van der Waals surface area contributed by atoms with Crippen LogP contribution in [0.3, 0.4) is 0 Å². The SMILES string of the molecule is CC(C)c1cc(C(C)(C)C)cc(C2(C)CC2CC(C)c2cc(C(F)(F)F)cc(C3(C)CC3)c2)c1.